The van der Waals surface area contributed by atoms with Gasteiger partial charge in [0.15, 0.2) is 5.54 Å². The number of hydrogen-bond acceptors (Lipinski definition) is 5. The molecule has 2 aliphatic rings. The number of aliphatic imine (C=N–C) groups is 2. The highest BCUT2D eigenvalue weighted by Crippen LogP contribution is 2.42. The lowest BCUT2D eigenvalue weighted by atomic mass is 9.92. The number of rotatable bonds is 3. The molecular formula is C14H10ClF3N2O2S2. The van der Waals surface area contributed by atoms with E-state index >= 15 is 0 Å². The summed E-state index contributed by atoms with van der Waals surface area (Å²) in [7, 11) is -5.45. The first-order valence-electron chi connectivity index (χ1n) is 6.71. The van der Waals surface area contributed by atoms with Crippen LogP contribution in [0, 0.1) is 0 Å². The molecule has 2 heterocycles. The third-order valence-electron chi connectivity index (χ3n) is 3.58. The molecule has 1 aromatic rings. The maximum Gasteiger partial charge on any atom is 0.501 e. The first-order valence-corrected chi connectivity index (χ1v) is 9.55. The number of thioether (sulfide) groups is 1. The third-order valence-corrected chi connectivity index (χ3v) is 6.48. The fourth-order valence-electron chi connectivity index (χ4n) is 2.46. The number of sulfone groups is 1. The van der Waals surface area contributed by atoms with Crippen LogP contribution in [0.4, 0.5) is 13.2 Å². The molecule has 2 aliphatic heterocycles. The van der Waals surface area contributed by atoms with E-state index in [0.717, 1.165) is 17.9 Å². The van der Waals surface area contributed by atoms with E-state index in [1.807, 2.05) is 0 Å². The number of hydrogen-bond donors (Lipinski definition) is 0. The number of benzene rings is 1. The molecule has 24 heavy (non-hydrogen) atoms. The predicted molar refractivity (Wildman–Crippen MR) is 88.8 cm³/mol. The molecule has 0 N–H and O–H groups in total. The fourth-order valence-corrected chi connectivity index (χ4v) is 4.64. The van der Waals surface area contributed by atoms with Crippen molar-refractivity contribution < 1.29 is 21.6 Å². The molecule has 0 amide bonds. The Labute approximate surface area is 145 Å². The van der Waals surface area contributed by atoms with Crippen LogP contribution in [0.25, 0.3) is 0 Å². The summed E-state index contributed by atoms with van der Waals surface area (Å²) in [6, 6.07) is 2.96. The maximum absolute atomic E-state index is 12.7. The zero-order valence-corrected chi connectivity index (χ0v) is 14.3. The van der Waals surface area contributed by atoms with Crippen molar-refractivity contribution in [2.45, 2.75) is 15.9 Å². The van der Waals surface area contributed by atoms with Crippen LogP contribution in [0.5, 0.6) is 0 Å². The highest BCUT2D eigenvalue weighted by atomic mass is 35.5. The van der Waals surface area contributed by atoms with Gasteiger partial charge in [0.1, 0.15) is 5.04 Å². The van der Waals surface area contributed by atoms with Gasteiger partial charge >= 0.3 is 5.51 Å². The van der Waals surface area contributed by atoms with Gasteiger partial charge in [0.25, 0.3) is 9.84 Å². The van der Waals surface area contributed by atoms with Gasteiger partial charge < -0.3 is 0 Å². The van der Waals surface area contributed by atoms with E-state index in [1.54, 1.807) is 18.4 Å². The zero-order valence-electron chi connectivity index (χ0n) is 11.9. The van der Waals surface area contributed by atoms with E-state index in [2.05, 4.69) is 9.98 Å². The van der Waals surface area contributed by atoms with Crippen molar-refractivity contribution in [2.24, 2.45) is 9.98 Å². The van der Waals surface area contributed by atoms with Crippen molar-refractivity contribution in [3.05, 3.63) is 40.9 Å². The Morgan fingerprint density at radius 1 is 1.29 bits per heavy atom. The lowest BCUT2D eigenvalue weighted by molar-refractivity contribution is -0.0436. The minimum Gasteiger partial charge on any atom is -0.279 e. The van der Waals surface area contributed by atoms with Crippen LogP contribution in [0.3, 0.4) is 0 Å². The summed E-state index contributed by atoms with van der Waals surface area (Å²) >= 11 is 7.61. The zero-order chi connectivity index (χ0) is 17.6. The molecule has 0 saturated carbocycles. The normalized spacial score (nSPS) is 23.8. The highest BCUT2D eigenvalue weighted by Gasteiger charge is 2.47. The third kappa shape index (κ3) is 2.68. The lowest BCUT2D eigenvalue weighted by Crippen LogP contribution is -2.28. The van der Waals surface area contributed by atoms with Crippen molar-refractivity contribution in [1.82, 2.24) is 0 Å². The molecule has 0 aromatic heterocycles. The molecule has 4 nitrogen and oxygen atoms in total. The Morgan fingerprint density at radius 2 is 2.04 bits per heavy atom. The first-order chi connectivity index (χ1) is 11.2. The van der Waals surface area contributed by atoms with E-state index in [9.17, 15) is 21.6 Å². The summed E-state index contributed by atoms with van der Waals surface area (Å²) in [4.78, 5) is 7.86. The van der Waals surface area contributed by atoms with Crippen LogP contribution in [-0.4, -0.2) is 37.5 Å². The minimum absolute atomic E-state index is 0.112. The summed E-state index contributed by atoms with van der Waals surface area (Å²) in [5, 5.41) is 0.569. The summed E-state index contributed by atoms with van der Waals surface area (Å²) in [5.74, 6) is 0.776. The second-order valence-electron chi connectivity index (χ2n) is 5.03. The molecular weight excluding hydrogens is 385 g/mol. The summed E-state index contributed by atoms with van der Waals surface area (Å²) < 4.78 is 61.1. The largest absolute Gasteiger partial charge is 0.501 e. The van der Waals surface area contributed by atoms with Crippen molar-refractivity contribution in [3.8, 4) is 0 Å². The standard InChI is InChI=1S/C14H10ClF3N2O2S2/c15-11-8-9(24(21,22)14(16,17)18)2-3-10(11)13(4-1-5-20-13)12-19-6-7-23-12/h1-5,8H,6-7H2. The second kappa shape index (κ2) is 5.89. The molecule has 0 radical (unpaired) electrons. The topological polar surface area (TPSA) is 58.9 Å². The quantitative estimate of drug-likeness (QED) is 0.786. The van der Waals surface area contributed by atoms with Gasteiger partial charge in [-0.05, 0) is 24.3 Å². The first kappa shape index (κ1) is 17.5. The Morgan fingerprint density at radius 3 is 2.54 bits per heavy atom. The van der Waals surface area contributed by atoms with E-state index < -0.39 is 25.8 Å². The summed E-state index contributed by atoms with van der Waals surface area (Å²) in [6.45, 7) is 0.614. The van der Waals surface area contributed by atoms with E-state index in [4.69, 9.17) is 11.6 Å². The molecule has 0 spiro atoms. The second-order valence-corrected chi connectivity index (χ2v) is 8.46. The molecule has 0 bridgehead atoms. The molecule has 1 unspecified atom stereocenters. The van der Waals surface area contributed by atoms with Crippen LogP contribution in [0.15, 0.2) is 45.2 Å². The monoisotopic (exact) mass is 394 g/mol. The SMILES string of the molecule is O=S(=O)(c1ccc(C2(C3=NCCS3)C=CC=N2)c(Cl)c1)C(F)(F)F. The van der Waals surface area contributed by atoms with E-state index in [-0.39, 0.29) is 5.02 Å². The van der Waals surface area contributed by atoms with Crippen LogP contribution in [-0.2, 0) is 15.4 Å². The van der Waals surface area contributed by atoms with Gasteiger partial charge in [-0.2, -0.15) is 13.2 Å². The fraction of sp³-hybridized carbons (Fsp3) is 0.286. The molecule has 1 atom stereocenters. The maximum atomic E-state index is 12.7. The Kier molecular flexibility index (Phi) is 4.29. The highest BCUT2D eigenvalue weighted by molar-refractivity contribution is 8.14. The van der Waals surface area contributed by atoms with Crippen LogP contribution in [0.2, 0.25) is 5.02 Å². The minimum atomic E-state index is -5.45. The molecule has 1 aromatic carbocycles. The van der Waals surface area contributed by atoms with Gasteiger partial charge in [-0.25, -0.2) is 8.42 Å². The van der Waals surface area contributed by atoms with Gasteiger partial charge in [0.05, 0.1) is 4.90 Å². The average molecular weight is 395 g/mol. The number of halogens is 4. The predicted octanol–water partition coefficient (Wildman–Crippen LogP) is 3.61. The molecule has 3 rings (SSSR count). The van der Waals surface area contributed by atoms with Gasteiger partial charge in [0.2, 0.25) is 0 Å². The lowest BCUT2D eigenvalue weighted by Gasteiger charge is -2.26. The molecule has 0 fully saturated rings. The van der Waals surface area contributed by atoms with Gasteiger partial charge in [0, 0.05) is 29.1 Å². The summed E-state index contributed by atoms with van der Waals surface area (Å²) in [6.07, 6.45) is 4.99. The van der Waals surface area contributed by atoms with Gasteiger partial charge in [-0.1, -0.05) is 17.7 Å². The molecule has 0 saturated heterocycles. The van der Waals surface area contributed by atoms with Crippen molar-refractivity contribution in [3.63, 3.8) is 0 Å². The van der Waals surface area contributed by atoms with Crippen molar-refractivity contribution >= 4 is 44.5 Å². The van der Waals surface area contributed by atoms with Crippen LogP contribution >= 0.6 is 23.4 Å². The van der Waals surface area contributed by atoms with Gasteiger partial charge in [-0.3, -0.25) is 9.98 Å². The Hall–Kier alpha value is -1.32. The van der Waals surface area contributed by atoms with Gasteiger partial charge in [-0.15, -0.1) is 11.8 Å². The smallest absolute Gasteiger partial charge is 0.279 e. The van der Waals surface area contributed by atoms with Crippen molar-refractivity contribution in [2.75, 3.05) is 12.3 Å². The van der Waals surface area contributed by atoms with Crippen LogP contribution < -0.4 is 0 Å². The Balaban J connectivity index is 2.11. The summed E-state index contributed by atoms with van der Waals surface area (Å²) in [5.41, 5.74) is -5.99. The van der Waals surface area contributed by atoms with E-state index in [0.29, 0.717) is 17.2 Å². The number of alkyl halides is 3. The molecule has 128 valence electrons. The Bertz CT molecular complexity index is 864. The number of nitrogens with zero attached hydrogens (tertiary/aromatic N) is 2. The average Bonchev–Trinajstić information content (AvgIpc) is 3.18. The molecule has 10 heteroatoms. The van der Waals surface area contributed by atoms with Crippen LogP contribution in [0.1, 0.15) is 5.56 Å². The molecule has 0 aliphatic carbocycles. The number of allylic oxidation sites excluding steroid dienone is 1. The van der Waals surface area contributed by atoms with E-state index in [1.165, 1.54) is 17.8 Å². The van der Waals surface area contributed by atoms with Crippen molar-refractivity contribution in [1.29, 1.82) is 0 Å².